The van der Waals surface area contributed by atoms with Crippen LogP contribution < -0.4 is 15.7 Å². The molecular weight excluding hydrogens is 468 g/mol. The standard InChI is InChI=1S/C24H30N6O4S/c1-18(2)17-35(33,34)29-22-13-15-30(24(32)26-22)14-7-6-10-20-11-12-21(28-27-20)25-23(31)16-19-8-4-3-5-9-19/h3-5,8-9,11-13,15,18H,6-7,10,14,16-17H2,1-2H3,(H,25,28,31)(H,26,29,32). The molecule has 11 heteroatoms. The van der Waals surface area contributed by atoms with E-state index in [0.29, 0.717) is 25.2 Å². The molecule has 0 saturated carbocycles. The number of nitrogens with zero attached hydrogens (tertiary/aromatic N) is 4. The average Bonchev–Trinajstić information content (AvgIpc) is 2.78. The highest BCUT2D eigenvalue weighted by atomic mass is 32.2. The number of carbonyl (C=O) groups is 1. The highest BCUT2D eigenvalue weighted by Crippen LogP contribution is 2.09. The van der Waals surface area contributed by atoms with Crippen LogP contribution in [0.3, 0.4) is 0 Å². The number of amides is 1. The molecule has 0 atom stereocenters. The molecule has 1 amide bonds. The predicted octanol–water partition coefficient (Wildman–Crippen LogP) is 2.64. The Bertz CT molecular complexity index is 1280. The van der Waals surface area contributed by atoms with E-state index in [9.17, 15) is 18.0 Å². The summed E-state index contributed by atoms with van der Waals surface area (Å²) >= 11 is 0. The summed E-state index contributed by atoms with van der Waals surface area (Å²) in [6.45, 7) is 4.05. The fraction of sp³-hybridized carbons (Fsp3) is 0.375. The van der Waals surface area contributed by atoms with E-state index in [0.717, 1.165) is 17.7 Å². The summed E-state index contributed by atoms with van der Waals surface area (Å²) in [7, 11) is -3.54. The van der Waals surface area contributed by atoms with Gasteiger partial charge in [0.1, 0.15) is 5.82 Å². The van der Waals surface area contributed by atoms with Gasteiger partial charge in [-0.1, -0.05) is 44.2 Å². The molecule has 0 fully saturated rings. The summed E-state index contributed by atoms with van der Waals surface area (Å²) in [5.41, 5.74) is 1.20. The third-order valence-electron chi connectivity index (χ3n) is 4.96. The van der Waals surface area contributed by atoms with Gasteiger partial charge in [0.25, 0.3) is 0 Å². The molecular formula is C24H30N6O4S. The minimum absolute atomic E-state index is 0.0260. The number of aromatic nitrogens is 4. The van der Waals surface area contributed by atoms with E-state index in [1.54, 1.807) is 19.9 Å². The number of hydrogen-bond acceptors (Lipinski definition) is 7. The summed E-state index contributed by atoms with van der Waals surface area (Å²) < 4.78 is 27.8. The molecule has 0 spiro atoms. The minimum Gasteiger partial charge on any atom is -0.309 e. The Morgan fingerprint density at radius 3 is 2.43 bits per heavy atom. The first kappa shape index (κ1) is 26.0. The molecule has 0 aliphatic rings. The molecule has 2 heterocycles. The third kappa shape index (κ3) is 8.93. The maximum Gasteiger partial charge on any atom is 0.349 e. The van der Waals surface area contributed by atoms with E-state index in [2.05, 4.69) is 25.2 Å². The van der Waals surface area contributed by atoms with Crippen LogP contribution >= 0.6 is 0 Å². The smallest absolute Gasteiger partial charge is 0.309 e. The van der Waals surface area contributed by atoms with Crippen LogP contribution in [0.5, 0.6) is 0 Å². The Kier molecular flexibility index (Phi) is 9.07. The van der Waals surface area contributed by atoms with Gasteiger partial charge in [-0.15, -0.1) is 5.10 Å². The van der Waals surface area contributed by atoms with Gasteiger partial charge in [-0.25, -0.2) is 13.2 Å². The summed E-state index contributed by atoms with van der Waals surface area (Å²) in [6, 6.07) is 14.5. The van der Waals surface area contributed by atoms with Crippen molar-refractivity contribution in [3.8, 4) is 0 Å². The lowest BCUT2D eigenvalue weighted by molar-refractivity contribution is -0.115. The number of aryl methyl sites for hydroxylation is 2. The topological polar surface area (TPSA) is 136 Å². The summed E-state index contributed by atoms with van der Waals surface area (Å²) in [5, 5.41) is 11.0. The van der Waals surface area contributed by atoms with Crippen LogP contribution in [0.2, 0.25) is 0 Å². The lowest BCUT2D eigenvalue weighted by Gasteiger charge is -2.10. The average molecular weight is 499 g/mol. The van der Waals surface area contributed by atoms with Crippen molar-refractivity contribution in [3.63, 3.8) is 0 Å². The molecule has 0 bridgehead atoms. The molecule has 0 unspecified atom stereocenters. The van der Waals surface area contributed by atoms with Gasteiger partial charge in [-0.2, -0.15) is 10.1 Å². The molecule has 0 radical (unpaired) electrons. The van der Waals surface area contributed by atoms with Crippen LogP contribution in [0.4, 0.5) is 11.6 Å². The number of carbonyl (C=O) groups excluding carboxylic acids is 1. The van der Waals surface area contributed by atoms with Crippen molar-refractivity contribution in [1.29, 1.82) is 0 Å². The Labute approximate surface area is 204 Å². The number of hydrogen-bond donors (Lipinski definition) is 2. The van der Waals surface area contributed by atoms with Gasteiger partial charge in [-0.3, -0.25) is 14.1 Å². The van der Waals surface area contributed by atoms with Gasteiger partial charge in [0.05, 0.1) is 17.9 Å². The first-order valence-electron chi connectivity index (χ1n) is 11.4. The molecule has 2 N–H and O–H groups in total. The van der Waals surface area contributed by atoms with Crippen molar-refractivity contribution >= 4 is 27.6 Å². The van der Waals surface area contributed by atoms with Crippen LogP contribution in [0.15, 0.2) is 59.5 Å². The zero-order valence-electron chi connectivity index (χ0n) is 19.8. The van der Waals surface area contributed by atoms with Gasteiger partial charge >= 0.3 is 5.69 Å². The van der Waals surface area contributed by atoms with E-state index >= 15 is 0 Å². The lowest BCUT2D eigenvalue weighted by atomic mass is 10.1. The molecule has 0 saturated heterocycles. The van der Waals surface area contributed by atoms with E-state index in [-0.39, 0.29) is 29.8 Å². The van der Waals surface area contributed by atoms with Gasteiger partial charge < -0.3 is 5.32 Å². The highest BCUT2D eigenvalue weighted by Gasteiger charge is 2.14. The van der Waals surface area contributed by atoms with Crippen molar-refractivity contribution in [2.45, 2.75) is 46.1 Å². The Morgan fingerprint density at radius 1 is 1.00 bits per heavy atom. The maximum atomic E-state index is 12.2. The van der Waals surface area contributed by atoms with Crippen LogP contribution in [0, 0.1) is 5.92 Å². The van der Waals surface area contributed by atoms with Crippen molar-refractivity contribution in [2.75, 3.05) is 15.8 Å². The number of sulfonamides is 1. The second-order valence-electron chi connectivity index (χ2n) is 8.64. The first-order valence-corrected chi connectivity index (χ1v) is 13.1. The number of rotatable bonds is 12. The van der Waals surface area contributed by atoms with Crippen molar-refractivity contribution in [2.24, 2.45) is 5.92 Å². The van der Waals surface area contributed by atoms with Gasteiger partial charge in [0.15, 0.2) is 5.82 Å². The Hall–Kier alpha value is -3.60. The van der Waals surface area contributed by atoms with Crippen LogP contribution in [0.25, 0.3) is 0 Å². The molecule has 35 heavy (non-hydrogen) atoms. The Balaban J connectivity index is 1.42. The quantitative estimate of drug-likeness (QED) is 0.366. The number of anilines is 2. The van der Waals surface area contributed by atoms with Gasteiger partial charge in [0, 0.05) is 12.7 Å². The van der Waals surface area contributed by atoms with E-state index in [1.165, 1.54) is 16.8 Å². The van der Waals surface area contributed by atoms with E-state index < -0.39 is 15.7 Å². The first-order chi connectivity index (χ1) is 16.7. The van der Waals surface area contributed by atoms with Gasteiger partial charge in [-0.05, 0) is 48.9 Å². The third-order valence-corrected chi connectivity index (χ3v) is 6.59. The van der Waals surface area contributed by atoms with Crippen LogP contribution in [0.1, 0.15) is 37.9 Å². The zero-order chi connectivity index (χ0) is 25.3. The molecule has 10 nitrogen and oxygen atoms in total. The fourth-order valence-electron chi connectivity index (χ4n) is 3.41. The van der Waals surface area contributed by atoms with E-state index in [4.69, 9.17) is 0 Å². The SMILES string of the molecule is CC(C)CS(=O)(=O)Nc1ccn(CCCCc2ccc(NC(=O)Cc3ccccc3)nn2)c(=O)n1. The van der Waals surface area contributed by atoms with Crippen molar-refractivity contribution in [3.05, 3.63) is 76.5 Å². The van der Waals surface area contributed by atoms with Crippen molar-refractivity contribution < 1.29 is 13.2 Å². The number of nitrogens with one attached hydrogen (secondary N) is 2. The molecule has 0 aliphatic heterocycles. The van der Waals surface area contributed by atoms with Crippen LogP contribution in [-0.4, -0.2) is 39.8 Å². The molecule has 0 aliphatic carbocycles. The number of unbranched alkanes of at least 4 members (excludes halogenated alkanes) is 1. The Morgan fingerprint density at radius 2 is 1.77 bits per heavy atom. The molecule has 186 valence electrons. The molecule has 3 rings (SSSR count). The molecule has 3 aromatic rings. The highest BCUT2D eigenvalue weighted by molar-refractivity contribution is 7.92. The summed E-state index contributed by atoms with van der Waals surface area (Å²) in [6.07, 6.45) is 3.94. The minimum atomic E-state index is -3.54. The van der Waals surface area contributed by atoms with Crippen molar-refractivity contribution in [1.82, 2.24) is 19.7 Å². The van der Waals surface area contributed by atoms with Gasteiger partial charge in [0.2, 0.25) is 15.9 Å². The largest absolute Gasteiger partial charge is 0.349 e. The monoisotopic (exact) mass is 498 g/mol. The summed E-state index contributed by atoms with van der Waals surface area (Å²) in [4.78, 5) is 28.2. The van der Waals surface area contributed by atoms with E-state index in [1.807, 2.05) is 36.4 Å². The lowest BCUT2D eigenvalue weighted by Crippen LogP contribution is -2.26. The zero-order valence-corrected chi connectivity index (χ0v) is 20.7. The molecule has 1 aromatic carbocycles. The fourth-order valence-corrected chi connectivity index (χ4v) is 4.81. The predicted molar refractivity (Wildman–Crippen MR) is 134 cm³/mol. The second-order valence-corrected chi connectivity index (χ2v) is 10.4. The molecule has 2 aromatic heterocycles. The normalized spacial score (nSPS) is 11.4. The maximum absolute atomic E-state index is 12.2. The van der Waals surface area contributed by atoms with Crippen LogP contribution in [-0.2, 0) is 34.2 Å². The second kappa shape index (κ2) is 12.2. The number of benzene rings is 1. The summed E-state index contributed by atoms with van der Waals surface area (Å²) in [5.74, 6) is 0.194.